The number of pyridine rings is 2. The van der Waals surface area contributed by atoms with Gasteiger partial charge in [-0.2, -0.15) is 0 Å². The number of aromatic nitrogens is 2. The van der Waals surface area contributed by atoms with Crippen molar-refractivity contribution in [1.82, 2.24) is 9.97 Å². The van der Waals surface area contributed by atoms with Crippen LogP contribution in [-0.4, -0.2) is 43.2 Å². The third-order valence-electron chi connectivity index (χ3n) is 2.75. The van der Waals surface area contributed by atoms with E-state index in [0.717, 1.165) is 0 Å². The van der Waals surface area contributed by atoms with Gasteiger partial charge in [0.05, 0.1) is 0 Å². The van der Waals surface area contributed by atoms with Gasteiger partial charge in [0.1, 0.15) is 11.4 Å². The summed E-state index contributed by atoms with van der Waals surface area (Å²) < 4.78 is 59.2. The van der Waals surface area contributed by atoms with Crippen LogP contribution >= 0.6 is 7.81 Å². The Hall–Kier alpha value is -3.30. The number of hydrogen-bond donors (Lipinski definition) is 2. The molecule has 0 amide bonds. The van der Waals surface area contributed by atoms with Crippen LogP contribution in [0.4, 0.5) is 25.2 Å². The fourth-order valence-corrected chi connectivity index (χ4v) is 0.902. The van der Waals surface area contributed by atoms with Gasteiger partial charge in [-0.1, -0.05) is 22.4 Å². The van der Waals surface area contributed by atoms with E-state index in [9.17, 15) is 35.6 Å². The average Bonchev–Trinajstić information content (AvgIpc) is 2.83. The third kappa shape index (κ3) is 44.4. The molecule has 0 unspecified atom stereocenters. The van der Waals surface area contributed by atoms with Gasteiger partial charge in [0.25, 0.3) is 0 Å². The molecule has 10 nitrogen and oxygen atoms in total. The molecule has 18 heteroatoms. The molecule has 36 heavy (non-hydrogen) atoms. The Labute approximate surface area is 213 Å². The Balaban J connectivity index is -0.000000177. The summed E-state index contributed by atoms with van der Waals surface area (Å²) in [5.41, 5.74) is 0.903. The summed E-state index contributed by atoms with van der Waals surface area (Å²) in [5.74, 6) is 0. The number of nitrogens with zero attached hydrogens (tertiary/aromatic N) is 6. The van der Waals surface area contributed by atoms with Gasteiger partial charge in [0.2, 0.25) is 0 Å². The van der Waals surface area contributed by atoms with Crippen molar-refractivity contribution in [2.75, 3.05) is 0 Å². The molecule has 2 aromatic rings. The number of halogens is 6. The SMILES string of the molecule is CC(=N\O)/C(C)=N/O.CC(=N\[O-])/C(C)=N/[O-].F[P-](F)(F)(F)(F)F.[Co+3].c1ccncc1.c1ccncc1. The van der Waals surface area contributed by atoms with Crippen LogP contribution in [0.25, 0.3) is 0 Å². The first-order chi connectivity index (χ1) is 15.9. The summed E-state index contributed by atoms with van der Waals surface area (Å²) in [5, 5.41) is 45.8. The summed E-state index contributed by atoms with van der Waals surface area (Å²) in [6.07, 6.45) is 7.00. The van der Waals surface area contributed by atoms with Crippen molar-refractivity contribution in [3.63, 3.8) is 0 Å². The number of rotatable bonds is 2. The van der Waals surface area contributed by atoms with E-state index in [-0.39, 0.29) is 28.2 Å². The van der Waals surface area contributed by atoms with Crippen molar-refractivity contribution >= 4 is 30.7 Å². The van der Waals surface area contributed by atoms with E-state index in [1.165, 1.54) is 27.7 Å². The van der Waals surface area contributed by atoms with E-state index in [1.54, 1.807) is 24.8 Å². The molecule has 0 radical (unpaired) electrons. The van der Waals surface area contributed by atoms with Gasteiger partial charge in [-0.25, -0.2) is 0 Å². The number of oxime groups is 2. The maximum absolute atomic E-state index is 10.7. The van der Waals surface area contributed by atoms with Crippen LogP contribution < -0.4 is 0 Å². The van der Waals surface area contributed by atoms with Crippen LogP contribution in [-0.2, 0) is 16.8 Å². The first kappa shape index (κ1) is 39.9. The largest absolute Gasteiger partial charge is 3.00 e. The van der Waals surface area contributed by atoms with Gasteiger partial charge in [0.15, 0.2) is 0 Å². The van der Waals surface area contributed by atoms with Crippen molar-refractivity contribution in [2.24, 2.45) is 20.6 Å². The molecule has 0 spiro atoms. The monoisotopic (exact) mass is 592 g/mol. The van der Waals surface area contributed by atoms with E-state index < -0.39 is 7.81 Å². The Morgan fingerprint density at radius 3 is 0.889 bits per heavy atom. The van der Waals surface area contributed by atoms with Crippen molar-refractivity contribution in [3.05, 3.63) is 71.6 Å². The predicted molar refractivity (Wildman–Crippen MR) is 125 cm³/mol. The van der Waals surface area contributed by atoms with Crippen molar-refractivity contribution in [3.8, 4) is 0 Å². The molecule has 0 aromatic carbocycles. The van der Waals surface area contributed by atoms with Gasteiger partial charge in [-0.05, 0) is 52.0 Å². The molecule has 0 aliphatic rings. The molecule has 0 saturated carbocycles. The molecule has 0 atom stereocenters. The average molecular weight is 592 g/mol. The topological polar surface area (TPSA) is 162 Å². The van der Waals surface area contributed by atoms with E-state index >= 15 is 0 Å². The molecule has 0 aliphatic carbocycles. The molecule has 206 valence electrons. The molecule has 0 saturated heterocycles. The second-order valence-corrected chi connectivity index (χ2v) is 7.65. The molecule has 2 N–H and O–H groups in total. The smallest absolute Gasteiger partial charge is 0.265 e. The first-order valence-electron chi connectivity index (χ1n) is 8.87. The minimum atomic E-state index is -10.7. The zero-order chi connectivity index (χ0) is 28.0. The molecule has 0 fully saturated rings. The molecular weight excluding hydrogens is 568 g/mol. The Morgan fingerprint density at radius 2 is 0.806 bits per heavy atom. The third-order valence-corrected chi connectivity index (χ3v) is 2.75. The molecule has 0 bridgehead atoms. The first-order valence-corrected chi connectivity index (χ1v) is 10.9. The van der Waals surface area contributed by atoms with Crippen molar-refractivity contribution < 1.29 is 52.4 Å². The summed E-state index contributed by atoms with van der Waals surface area (Å²) in [7, 11) is -10.7. The van der Waals surface area contributed by atoms with Crippen LogP contribution in [0.15, 0.2) is 81.8 Å². The Bertz CT molecular complexity index is 776. The van der Waals surface area contributed by atoms with E-state index in [2.05, 4.69) is 30.6 Å². The van der Waals surface area contributed by atoms with E-state index in [0.29, 0.717) is 11.4 Å². The Kier molecular flexibility index (Phi) is 21.0. The van der Waals surface area contributed by atoms with Gasteiger partial charge in [0, 0.05) is 36.2 Å². The van der Waals surface area contributed by atoms with Crippen LogP contribution in [0, 0.1) is 10.4 Å². The normalized spacial score (nSPS) is 13.5. The summed E-state index contributed by atoms with van der Waals surface area (Å²) >= 11 is 0. The van der Waals surface area contributed by atoms with E-state index in [4.69, 9.17) is 10.4 Å². The molecule has 2 rings (SSSR count). The number of hydrogen-bond acceptors (Lipinski definition) is 10. The molecule has 0 aliphatic heterocycles. The van der Waals surface area contributed by atoms with Crippen LogP contribution in [0.2, 0.25) is 0 Å². The zero-order valence-corrected chi connectivity index (χ0v) is 21.2. The van der Waals surface area contributed by atoms with Gasteiger partial charge in [-0.15, -0.1) is 0 Å². The fourth-order valence-electron chi connectivity index (χ4n) is 0.902. The maximum atomic E-state index is 9.87. The fraction of sp³-hybridized carbons (Fsp3) is 0.222. The standard InChI is InChI=1S/2C5H5N.2C4H8N2O2.Co.F6P/c2*1-2-4-6-5-3-1;2*1-3(5-7)4(2)6-8;;1-7(2,3,4,5)6/h2*1-5H;2*7-8H,1-2H3;;/q;;;;+3;-1/p-2/b;;2*5-3+,6-4+;;. The van der Waals surface area contributed by atoms with Gasteiger partial charge in [-0.3, -0.25) is 9.97 Å². The summed E-state index contributed by atoms with van der Waals surface area (Å²) in [6, 6.07) is 11.4. The van der Waals surface area contributed by atoms with E-state index in [1.807, 2.05) is 36.4 Å². The van der Waals surface area contributed by atoms with Crippen LogP contribution in [0.1, 0.15) is 27.7 Å². The zero-order valence-electron chi connectivity index (χ0n) is 19.2. The summed E-state index contributed by atoms with van der Waals surface area (Å²) in [4.78, 5) is 7.57. The predicted octanol–water partition coefficient (Wildman–Crippen LogP) is 7.13. The maximum Gasteiger partial charge on any atom is 3.00 e. The van der Waals surface area contributed by atoms with Crippen LogP contribution in [0.3, 0.4) is 0 Å². The molecule has 2 aromatic heterocycles. The summed E-state index contributed by atoms with van der Waals surface area (Å²) in [6.45, 7) is 5.94. The van der Waals surface area contributed by atoms with Gasteiger partial charge >= 0.3 is 49.8 Å². The van der Waals surface area contributed by atoms with Crippen LogP contribution in [0.5, 0.6) is 0 Å². The minimum Gasteiger partial charge on any atom is -0.265 e. The van der Waals surface area contributed by atoms with Crippen molar-refractivity contribution in [2.45, 2.75) is 27.7 Å². The van der Waals surface area contributed by atoms with Crippen molar-refractivity contribution in [1.29, 1.82) is 0 Å². The molecular formula is C18H24CoF6N6O4P. The quantitative estimate of drug-likeness (QED) is 0.124. The second-order valence-electron chi connectivity index (χ2n) is 5.73. The Morgan fingerprint density at radius 1 is 0.583 bits per heavy atom. The van der Waals surface area contributed by atoms with Gasteiger partial charge < -0.3 is 31.1 Å². The second kappa shape index (κ2) is 19.0. The minimum absolute atomic E-state index is 0. The molecule has 2 heterocycles.